The van der Waals surface area contributed by atoms with Gasteiger partial charge >= 0.3 is 0 Å². The third-order valence-electron chi connectivity index (χ3n) is 2.43. The lowest BCUT2D eigenvalue weighted by atomic mass is 10.2. The fourth-order valence-corrected chi connectivity index (χ4v) is 2.44. The molecular formula is C11H19NO4S. The summed E-state index contributed by atoms with van der Waals surface area (Å²) in [6, 6.07) is 3.68. The van der Waals surface area contributed by atoms with Gasteiger partial charge in [0.05, 0.1) is 30.4 Å². The highest BCUT2D eigenvalue weighted by Gasteiger charge is 2.12. The maximum Gasteiger partial charge on any atom is 0.153 e. The third-order valence-corrected chi connectivity index (χ3v) is 4.05. The Bertz CT molecular complexity index is 399. The standard InChI is InChI=1S/C11H19NO4S/c1-10(11-4-3-6-16-11)12-5-8-17(13,14)9-7-15-2/h3-4,6,10,12H,5,7-9H2,1-2H3. The molecule has 0 saturated carbocycles. The van der Waals surface area contributed by atoms with Gasteiger partial charge in [-0.1, -0.05) is 0 Å². The molecule has 0 fully saturated rings. The number of furan rings is 1. The van der Waals surface area contributed by atoms with Crippen LogP contribution in [-0.2, 0) is 14.6 Å². The van der Waals surface area contributed by atoms with Crippen molar-refractivity contribution >= 4 is 9.84 Å². The molecule has 1 aromatic heterocycles. The van der Waals surface area contributed by atoms with Gasteiger partial charge in [-0.05, 0) is 19.1 Å². The number of sulfone groups is 1. The van der Waals surface area contributed by atoms with Crippen LogP contribution < -0.4 is 5.32 Å². The lowest BCUT2D eigenvalue weighted by Gasteiger charge is -2.11. The van der Waals surface area contributed by atoms with Crippen molar-refractivity contribution in [3.63, 3.8) is 0 Å². The molecule has 5 nitrogen and oxygen atoms in total. The Labute approximate surface area is 102 Å². The number of hydrogen-bond acceptors (Lipinski definition) is 5. The summed E-state index contributed by atoms with van der Waals surface area (Å²) < 4.78 is 33.0. The average molecular weight is 261 g/mol. The molecule has 1 atom stereocenters. The first-order valence-corrected chi connectivity index (χ1v) is 7.33. The molecule has 6 heteroatoms. The summed E-state index contributed by atoms with van der Waals surface area (Å²) in [7, 11) is -1.53. The van der Waals surface area contributed by atoms with Crippen molar-refractivity contribution in [1.82, 2.24) is 5.32 Å². The van der Waals surface area contributed by atoms with E-state index in [0.29, 0.717) is 6.54 Å². The van der Waals surface area contributed by atoms with Crippen LogP contribution in [0.5, 0.6) is 0 Å². The van der Waals surface area contributed by atoms with Crippen LogP contribution in [0.15, 0.2) is 22.8 Å². The largest absolute Gasteiger partial charge is 0.468 e. The van der Waals surface area contributed by atoms with Gasteiger partial charge in [-0.2, -0.15) is 0 Å². The summed E-state index contributed by atoms with van der Waals surface area (Å²) >= 11 is 0. The molecule has 1 N–H and O–H groups in total. The molecule has 17 heavy (non-hydrogen) atoms. The fraction of sp³-hybridized carbons (Fsp3) is 0.636. The lowest BCUT2D eigenvalue weighted by Crippen LogP contribution is -2.27. The van der Waals surface area contributed by atoms with Crippen molar-refractivity contribution in [2.75, 3.05) is 31.8 Å². The van der Waals surface area contributed by atoms with E-state index in [-0.39, 0.29) is 24.2 Å². The van der Waals surface area contributed by atoms with Gasteiger partial charge in [-0.15, -0.1) is 0 Å². The summed E-state index contributed by atoms with van der Waals surface area (Å²) in [5, 5.41) is 3.10. The minimum atomic E-state index is -3.03. The first kappa shape index (κ1) is 14.2. The molecule has 0 aliphatic heterocycles. The van der Waals surface area contributed by atoms with Gasteiger partial charge in [0.25, 0.3) is 0 Å². The predicted molar refractivity (Wildman–Crippen MR) is 65.7 cm³/mol. The highest BCUT2D eigenvalue weighted by molar-refractivity contribution is 7.91. The number of hydrogen-bond donors (Lipinski definition) is 1. The molecule has 1 aromatic rings. The van der Waals surface area contributed by atoms with Crippen LogP contribution in [-0.4, -0.2) is 40.2 Å². The molecule has 1 unspecified atom stereocenters. The van der Waals surface area contributed by atoms with Crippen molar-refractivity contribution in [3.8, 4) is 0 Å². The molecule has 0 aliphatic carbocycles. The van der Waals surface area contributed by atoms with Crippen molar-refractivity contribution in [2.24, 2.45) is 0 Å². The Hall–Kier alpha value is -0.850. The molecular weight excluding hydrogens is 242 g/mol. The van der Waals surface area contributed by atoms with E-state index in [2.05, 4.69) is 5.32 Å². The number of methoxy groups -OCH3 is 1. The summed E-state index contributed by atoms with van der Waals surface area (Å²) in [6.45, 7) is 2.59. The van der Waals surface area contributed by atoms with Crippen LogP contribution in [0.4, 0.5) is 0 Å². The molecule has 0 aromatic carbocycles. The van der Waals surface area contributed by atoms with E-state index in [1.54, 1.807) is 6.26 Å². The zero-order valence-corrected chi connectivity index (χ0v) is 11.0. The maximum atomic E-state index is 11.5. The second-order valence-electron chi connectivity index (χ2n) is 3.84. The van der Waals surface area contributed by atoms with Gasteiger partial charge in [0.2, 0.25) is 0 Å². The van der Waals surface area contributed by atoms with Crippen LogP contribution in [0.2, 0.25) is 0 Å². The minimum absolute atomic E-state index is 0.0163. The normalized spacial score (nSPS) is 13.8. The van der Waals surface area contributed by atoms with E-state index >= 15 is 0 Å². The monoisotopic (exact) mass is 261 g/mol. The van der Waals surface area contributed by atoms with Gasteiger partial charge in [0.15, 0.2) is 9.84 Å². The smallest absolute Gasteiger partial charge is 0.153 e. The second-order valence-corrected chi connectivity index (χ2v) is 6.14. The summed E-state index contributed by atoms with van der Waals surface area (Å²) in [6.07, 6.45) is 1.60. The third kappa shape index (κ3) is 5.34. The zero-order valence-electron chi connectivity index (χ0n) is 10.2. The first-order valence-electron chi connectivity index (χ1n) is 5.51. The van der Waals surface area contributed by atoms with E-state index in [1.165, 1.54) is 7.11 Å². The van der Waals surface area contributed by atoms with E-state index in [9.17, 15) is 8.42 Å². The molecule has 0 radical (unpaired) electrons. The lowest BCUT2D eigenvalue weighted by molar-refractivity contribution is 0.217. The van der Waals surface area contributed by atoms with Crippen LogP contribution in [0.1, 0.15) is 18.7 Å². The first-order chi connectivity index (χ1) is 8.05. The fourth-order valence-electron chi connectivity index (χ4n) is 1.38. The van der Waals surface area contributed by atoms with Crippen LogP contribution in [0.3, 0.4) is 0 Å². The number of ether oxygens (including phenoxy) is 1. The quantitative estimate of drug-likeness (QED) is 0.756. The Morgan fingerprint density at radius 1 is 1.47 bits per heavy atom. The van der Waals surface area contributed by atoms with Crippen molar-refractivity contribution < 1.29 is 17.6 Å². The summed E-state index contributed by atoms with van der Waals surface area (Å²) in [4.78, 5) is 0. The van der Waals surface area contributed by atoms with Gasteiger partial charge in [0, 0.05) is 13.7 Å². The van der Waals surface area contributed by atoms with Crippen molar-refractivity contribution in [3.05, 3.63) is 24.2 Å². The van der Waals surface area contributed by atoms with Gasteiger partial charge in [-0.25, -0.2) is 8.42 Å². The van der Waals surface area contributed by atoms with E-state index < -0.39 is 9.84 Å². The number of rotatable bonds is 8. The van der Waals surface area contributed by atoms with Crippen LogP contribution in [0.25, 0.3) is 0 Å². The van der Waals surface area contributed by atoms with Crippen LogP contribution in [0, 0.1) is 0 Å². The average Bonchev–Trinajstić information content (AvgIpc) is 2.79. The highest BCUT2D eigenvalue weighted by atomic mass is 32.2. The molecule has 0 saturated heterocycles. The van der Waals surface area contributed by atoms with Gasteiger partial charge in [0.1, 0.15) is 5.76 Å². The summed E-state index contributed by atoms with van der Waals surface area (Å²) in [5.74, 6) is 0.987. The summed E-state index contributed by atoms with van der Waals surface area (Å²) in [5.41, 5.74) is 0. The Morgan fingerprint density at radius 3 is 2.82 bits per heavy atom. The van der Waals surface area contributed by atoms with E-state index in [1.807, 2.05) is 19.1 Å². The Balaban J connectivity index is 2.28. The van der Waals surface area contributed by atoms with Gasteiger partial charge in [-0.3, -0.25) is 0 Å². The molecule has 0 aliphatic rings. The zero-order chi connectivity index (χ0) is 12.7. The Morgan fingerprint density at radius 2 is 2.24 bits per heavy atom. The van der Waals surface area contributed by atoms with Gasteiger partial charge < -0.3 is 14.5 Å². The molecule has 0 spiro atoms. The molecule has 0 amide bonds. The van der Waals surface area contributed by atoms with Crippen molar-refractivity contribution in [2.45, 2.75) is 13.0 Å². The molecule has 1 heterocycles. The van der Waals surface area contributed by atoms with Crippen molar-refractivity contribution in [1.29, 1.82) is 0 Å². The Kier molecular flexibility index (Phi) is 5.67. The SMILES string of the molecule is COCCS(=O)(=O)CCNC(C)c1ccco1. The topological polar surface area (TPSA) is 68.5 Å². The minimum Gasteiger partial charge on any atom is -0.468 e. The molecule has 0 bridgehead atoms. The van der Waals surface area contributed by atoms with E-state index in [4.69, 9.17) is 9.15 Å². The second kappa shape index (κ2) is 6.78. The molecule has 98 valence electrons. The highest BCUT2D eigenvalue weighted by Crippen LogP contribution is 2.11. The molecule has 1 rings (SSSR count). The maximum absolute atomic E-state index is 11.5. The predicted octanol–water partition coefficient (Wildman–Crippen LogP) is 0.991. The van der Waals surface area contributed by atoms with E-state index in [0.717, 1.165) is 5.76 Å². The van der Waals surface area contributed by atoms with Crippen LogP contribution >= 0.6 is 0 Å². The number of nitrogens with one attached hydrogen (secondary N) is 1.